The topological polar surface area (TPSA) is 110 Å². The van der Waals surface area contributed by atoms with Crippen LogP contribution in [0.2, 0.25) is 0 Å². The molecular weight excluding hydrogens is 308 g/mol. The van der Waals surface area contributed by atoms with Crippen LogP contribution in [0.15, 0.2) is 47.4 Å². The van der Waals surface area contributed by atoms with Gasteiger partial charge in [-0.1, -0.05) is 6.07 Å². The van der Waals surface area contributed by atoms with Gasteiger partial charge in [0, 0.05) is 18.4 Å². The fraction of sp³-hybridized carbons (Fsp3) is 0.0714. The highest BCUT2D eigenvalue weighted by Crippen LogP contribution is 2.29. The van der Waals surface area contributed by atoms with Crippen molar-refractivity contribution in [3.63, 3.8) is 0 Å². The molecule has 112 valence electrons. The maximum absolute atomic E-state index is 11.5. The fourth-order valence-electron chi connectivity index (χ4n) is 1.70. The average Bonchev–Trinajstić information content (AvgIpc) is 2.47. The molecule has 0 aliphatic carbocycles. The van der Waals surface area contributed by atoms with Gasteiger partial charge in [-0.3, -0.25) is 10.1 Å². The summed E-state index contributed by atoms with van der Waals surface area (Å²) in [5, 5.41) is 19.7. The predicted molar refractivity (Wildman–Crippen MR) is 77.4 cm³/mol. The normalized spacial score (nSPS) is 10.7. The van der Waals surface area contributed by atoms with E-state index in [4.69, 9.17) is 10.00 Å². The molecule has 2 rings (SSSR count). The van der Waals surface area contributed by atoms with E-state index in [1.165, 1.54) is 36.4 Å². The molecule has 0 amide bonds. The van der Waals surface area contributed by atoms with Gasteiger partial charge in [0.25, 0.3) is 5.69 Å². The average molecular weight is 318 g/mol. The Morgan fingerprint density at radius 1 is 1.23 bits per heavy atom. The molecule has 22 heavy (non-hydrogen) atoms. The lowest BCUT2D eigenvalue weighted by Crippen LogP contribution is -1.97. The molecule has 2 aromatic rings. The van der Waals surface area contributed by atoms with Crippen LogP contribution >= 0.6 is 0 Å². The Morgan fingerprint density at radius 3 is 2.55 bits per heavy atom. The molecule has 0 bridgehead atoms. The summed E-state index contributed by atoms with van der Waals surface area (Å²) in [5.74, 6) is 0.326. The maximum atomic E-state index is 11.5. The molecule has 0 aliphatic heterocycles. The number of hydrogen-bond donors (Lipinski definition) is 0. The van der Waals surface area contributed by atoms with Crippen molar-refractivity contribution >= 4 is 15.5 Å². The Balaban J connectivity index is 2.40. The Morgan fingerprint density at radius 2 is 1.95 bits per heavy atom. The van der Waals surface area contributed by atoms with Crippen LogP contribution in [-0.4, -0.2) is 19.6 Å². The van der Waals surface area contributed by atoms with Gasteiger partial charge < -0.3 is 4.74 Å². The third-order valence-corrected chi connectivity index (χ3v) is 3.87. The summed E-state index contributed by atoms with van der Waals surface area (Å²) in [4.78, 5) is 10.1. The summed E-state index contributed by atoms with van der Waals surface area (Å²) >= 11 is 0. The summed E-state index contributed by atoms with van der Waals surface area (Å²) < 4.78 is 28.5. The molecule has 0 radical (unpaired) electrons. The fourth-order valence-corrected chi connectivity index (χ4v) is 2.36. The van der Waals surface area contributed by atoms with Crippen LogP contribution in [-0.2, 0) is 9.84 Å². The van der Waals surface area contributed by atoms with Crippen molar-refractivity contribution in [3.8, 4) is 17.6 Å². The highest BCUT2D eigenvalue weighted by molar-refractivity contribution is 7.90. The van der Waals surface area contributed by atoms with Crippen molar-refractivity contribution in [1.29, 1.82) is 5.26 Å². The van der Waals surface area contributed by atoms with Gasteiger partial charge >= 0.3 is 0 Å². The zero-order valence-corrected chi connectivity index (χ0v) is 12.2. The Kier molecular flexibility index (Phi) is 4.10. The Bertz CT molecular complexity index is 884. The van der Waals surface area contributed by atoms with E-state index in [1.807, 2.05) is 6.07 Å². The van der Waals surface area contributed by atoms with Crippen LogP contribution in [0, 0.1) is 21.4 Å². The van der Waals surface area contributed by atoms with Crippen LogP contribution in [0.1, 0.15) is 5.56 Å². The van der Waals surface area contributed by atoms with Gasteiger partial charge in [0.15, 0.2) is 9.84 Å². The van der Waals surface area contributed by atoms with Gasteiger partial charge in [-0.25, -0.2) is 8.42 Å². The highest BCUT2D eigenvalue weighted by Gasteiger charge is 2.13. The minimum Gasteiger partial charge on any atom is -0.456 e. The first-order valence-corrected chi connectivity index (χ1v) is 7.87. The number of nitriles is 1. The Labute approximate surface area is 126 Å². The number of benzene rings is 2. The molecule has 0 heterocycles. The number of ether oxygens (including phenoxy) is 1. The SMILES string of the molecule is CS(=O)(=O)c1cccc(Oc2ccc([N+](=O)[O-])cc2C#N)c1. The molecule has 0 aliphatic rings. The predicted octanol–water partition coefficient (Wildman–Crippen LogP) is 2.66. The van der Waals surface area contributed by atoms with E-state index in [9.17, 15) is 18.5 Å². The standard InChI is InChI=1S/C14H10N2O5S/c1-22(19,20)13-4-2-3-12(8-13)21-14-6-5-11(16(17)18)7-10(14)9-15/h2-8H,1H3. The molecule has 0 fully saturated rings. The second-order valence-electron chi connectivity index (χ2n) is 4.40. The van der Waals surface area contributed by atoms with Crippen molar-refractivity contribution < 1.29 is 18.1 Å². The summed E-state index contributed by atoms with van der Waals surface area (Å²) in [7, 11) is -3.39. The summed E-state index contributed by atoms with van der Waals surface area (Å²) in [6.45, 7) is 0. The second kappa shape index (κ2) is 5.83. The maximum Gasteiger partial charge on any atom is 0.271 e. The number of nitro groups is 1. The molecule has 8 heteroatoms. The molecule has 0 spiro atoms. The number of nitro benzene ring substituents is 1. The summed E-state index contributed by atoms with van der Waals surface area (Å²) in [6.07, 6.45) is 1.07. The molecule has 0 N–H and O–H groups in total. The van der Waals surface area contributed by atoms with Gasteiger partial charge in [0.1, 0.15) is 23.1 Å². The van der Waals surface area contributed by atoms with Gasteiger partial charge in [-0.2, -0.15) is 5.26 Å². The minimum atomic E-state index is -3.39. The van der Waals surface area contributed by atoms with Crippen LogP contribution in [0.5, 0.6) is 11.5 Å². The first-order chi connectivity index (χ1) is 10.3. The minimum absolute atomic E-state index is 0.0149. The molecule has 2 aromatic carbocycles. The van der Waals surface area contributed by atoms with Crippen molar-refractivity contribution in [2.45, 2.75) is 4.90 Å². The number of nitrogens with zero attached hydrogens (tertiary/aromatic N) is 2. The molecule has 7 nitrogen and oxygen atoms in total. The van der Waals surface area contributed by atoms with Crippen LogP contribution in [0.25, 0.3) is 0 Å². The van der Waals surface area contributed by atoms with E-state index in [1.54, 1.807) is 0 Å². The van der Waals surface area contributed by atoms with Crippen molar-refractivity contribution in [2.24, 2.45) is 0 Å². The molecule has 0 saturated heterocycles. The first kappa shape index (κ1) is 15.5. The third kappa shape index (κ3) is 3.39. The summed E-state index contributed by atoms with van der Waals surface area (Å²) in [6, 6.07) is 11.2. The highest BCUT2D eigenvalue weighted by atomic mass is 32.2. The monoisotopic (exact) mass is 318 g/mol. The zero-order valence-electron chi connectivity index (χ0n) is 11.4. The molecular formula is C14H10N2O5S. The number of sulfone groups is 1. The molecule has 0 aromatic heterocycles. The lowest BCUT2D eigenvalue weighted by atomic mass is 10.2. The molecule has 0 saturated carbocycles. The van der Waals surface area contributed by atoms with E-state index in [0.717, 1.165) is 12.3 Å². The molecule has 0 unspecified atom stereocenters. The molecule has 0 atom stereocenters. The second-order valence-corrected chi connectivity index (χ2v) is 6.41. The summed E-state index contributed by atoms with van der Waals surface area (Å²) in [5.41, 5.74) is -0.243. The van der Waals surface area contributed by atoms with E-state index in [2.05, 4.69) is 0 Å². The lowest BCUT2D eigenvalue weighted by molar-refractivity contribution is -0.384. The number of rotatable bonds is 4. The third-order valence-electron chi connectivity index (χ3n) is 2.76. The first-order valence-electron chi connectivity index (χ1n) is 5.98. The smallest absolute Gasteiger partial charge is 0.271 e. The number of hydrogen-bond acceptors (Lipinski definition) is 6. The van der Waals surface area contributed by atoms with Crippen molar-refractivity contribution in [1.82, 2.24) is 0 Å². The van der Waals surface area contributed by atoms with Gasteiger partial charge in [0.05, 0.1) is 9.82 Å². The van der Waals surface area contributed by atoms with E-state index < -0.39 is 14.8 Å². The van der Waals surface area contributed by atoms with E-state index >= 15 is 0 Å². The van der Waals surface area contributed by atoms with E-state index in [0.29, 0.717) is 0 Å². The zero-order chi connectivity index (χ0) is 16.3. The van der Waals surface area contributed by atoms with Gasteiger partial charge in [-0.15, -0.1) is 0 Å². The largest absolute Gasteiger partial charge is 0.456 e. The van der Waals surface area contributed by atoms with Crippen LogP contribution < -0.4 is 4.74 Å². The van der Waals surface area contributed by atoms with Crippen molar-refractivity contribution in [2.75, 3.05) is 6.26 Å². The number of non-ortho nitro benzene ring substituents is 1. The van der Waals surface area contributed by atoms with Gasteiger partial charge in [0.2, 0.25) is 0 Å². The van der Waals surface area contributed by atoms with E-state index in [-0.39, 0.29) is 27.6 Å². The van der Waals surface area contributed by atoms with Crippen molar-refractivity contribution in [3.05, 3.63) is 58.1 Å². The van der Waals surface area contributed by atoms with Crippen LogP contribution in [0.4, 0.5) is 5.69 Å². The van der Waals surface area contributed by atoms with Gasteiger partial charge in [-0.05, 0) is 24.3 Å². The van der Waals surface area contributed by atoms with Crippen LogP contribution in [0.3, 0.4) is 0 Å². The quantitative estimate of drug-likeness (QED) is 0.633. The lowest BCUT2D eigenvalue weighted by Gasteiger charge is -2.08. The Hall–Kier alpha value is -2.92.